The van der Waals surface area contributed by atoms with Crippen molar-refractivity contribution in [3.8, 4) is 12.3 Å². The first kappa shape index (κ1) is 21.9. The van der Waals surface area contributed by atoms with Gasteiger partial charge in [0.05, 0.1) is 25.1 Å². The molecule has 2 aliphatic rings. The van der Waals surface area contributed by atoms with Gasteiger partial charge < -0.3 is 4.74 Å². The zero-order valence-corrected chi connectivity index (χ0v) is 19.1. The van der Waals surface area contributed by atoms with Crippen molar-refractivity contribution in [3.63, 3.8) is 0 Å². The van der Waals surface area contributed by atoms with Crippen LogP contribution in [0.15, 0.2) is 91.0 Å². The summed E-state index contributed by atoms with van der Waals surface area (Å²) in [6.45, 7) is 5.11. The summed E-state index contributed by atoms with van der Waals surface area (Å²) in [6.07, 6.45) is 5.77. The molecule has 2 saturated heterocycles. The Labute approximate surface area is 197 Å². The summed E-state index contributed by atoms with van der Waals surface area (Å²) in [7, 11) is 0. The minimum absolute atomic E-state index is 0.0513. The van der Waals surface area contributed by atoms with E-state index in [4.69, 9.17) is 11.2 Å². The number of ether oxygens (including phenoxy) is 1. The number of fused-ring (bicyclic) bond motifs is 2. The van der Waals surface area contributed by atoms with Crippen LogP contribution in [-0.2, 0) is 4.74 Å². The monoisotopic (exact) mass is 437 g/mol. The van der Waals surface area contributed by atoms with Gasteiger partial charge in [-0.3, -0.25) is 15.1 Å². The summed E-state index contributed by atoms with van der Waals surface area (Å²) >= 11 is 0. The van der Waals surface area contributed by atoms with Gasteiger partial charge in [-0.2, -0.15) is 0 Å². The van der Waals surface area contributed by atoms with Crippen LogP contribution in [0.3, 0.4) is 0 Å². The highest BCUT2D eigenvalue weighted by atomic mass is 16.5. The van der Waals surface area contributed by atoms with Gasteiger partial charge in [0.2, 0.25) is 0 Å². The molecular formula is C29H31N3O. The van der Waals surface area contributed by atoms with Crippen LogP contribution in [0.5, 0.6) is 0 Å². The molecule has 0 radical (unpaired) electrons. The van der Waals surface area contributed by atoms with Crippen LogP contribution in [0.25, 0.3) is 0 Å². The van der Waals surface area contributed by atoms with E-state index in [1.807, 2.05) is 0 Å². The van der Waals surface area contributed by atoms with E-state index in [-0.39, 0.29) is 23.9 Å². The summed E-state index contributed by atoms with van der Waals surface area (Å²) in [5.74, 6) is 2.62. The van der Waals surface area contributed by atoms with E-state index < -0.39 is 0 Å². The van der Waals surface area contributed by atoms with Crippen molar-refractivity contribution in [1.82, 2.24) is 15.1 Å². The third kappa shape index (κ3) is 4.46. The van der Waals surface area contributed by atoms with Gasteiger partial charge in [-0.15, -0.1) is 6.42 Å². The van der Waals surface area contributed by atoms with Crippen LogP contribution in [0.2, 0.25) is 0 Å². The molecule has 2 heterocycles. The average molecular weight is 438 g/mol. The second-order valence-electron chi connectivity index (χ2n) is 9.43. The lowest BCUT2D eigenvalue weighted by molar-refractivity contribution is -0.174. The first-order valence-corrected chi connectivity index (χ1v) is 11.6. The lowest BCUT2D eigenvalue weighted by atomic mass is 9.83. The van der Waals surface area contributed by atoms with Crippen LogP contribution in [0.4, 0.5) is 0 Å². The van der Waals surface area contributed by atoms with E-state index in [2.05, 4.69) is 119 Å². The van der Waals surface area contributed by atoms with Gasteiger partial charge in [0.25, 0.3) is 0 Å². The van der Waals surface area contributed by atoms with Crippen LogP contribution >= 0.6 is 0 Å². The summed E-state index contributed by atoms with van der Waals surface area (Å²) in [4.78, 5) is 5.18. The van der Waals surface area contributed by atoms with Gasteiger partial charge in [-0.25, -0.2) is 0 Å². The molecule has 4 heteroatoms. The van der Waals surface area contributed by atoms with Gasteiger partial charge >= 0.3 is 0 Å². The van der Waals surface area contributed by atoms with Crippen LogP contribution < -0.4 is 5.32 Å². The zero-order valence-electron chi connectivity index (χ0n) is 19.1. The van der Waals surface area contributed by atoms with Gasteiger partial charge in [0, 0.05) is 18.5 Å². The predicted molar refractivity (Wildman–Crippen MR) is 132 cm³/mol. The van der Waals surface area contributed by atoms with Gasteiger partial charge in [0.15, 0.2) is 0 Å². The van der Waals surface area contributed by atoms with Gasteiger partial charge in [-0.1, -0.05) is 104 Å². The number of terminal acetylenes is 1. The molecule has 0 spiro atoms. The van der Waals surface area contributed by atoms with Crippen molar-refractivity contribution in [3.05, 3.63) is 108 Å². The zero-order chi connectivity index (χ0) is 22.7. The minimum Gasteiger partial charge on any atom is -0.368 e. The molecule has 3 aromatic carbocycles. The van der Waals surface area contributed by atoms with E-state index in [1.165, 1.54) is 16.7 Å². The molecule has 3 aromatic rings. The molecule has 168 valence electrons. The highest BCUT2D eigenvalue weighted by Gasteiger charge is 2.51. The van der Waals surface area contributed by atoms with Crippen molar-refractivity contribution in [1.29, 1.82) is 0 Å². The Morgan fingerprint density at radius 2 is 1.27 bits per heavy atom. The second kappa shape index (κ2) is 9.51. The molecule has 0 aromatic heterocycles. The maximum Gasteiger partial charge on any atom is 0.107 e. The normalized spacial score (nSPS) is 31.0. The summed E-state index contributed by atoms with van der Waals surface area (Å²) in [6, 6.07) is 32.4. The Bertz CT molecular complexity index is 1020. The van der Waals surface area contributed by atoms with Crippen LogP contribution in [-0.4, -0.2) is 36.1 Å². The van der Waals surface area contributed by atoms with E-state index in [1.54, 1.807) is 0 Å². The predicted octanol–water partition coefficient (Wildman–Crippen LogP) is 4.96. The van der Waals surface area contributed by atoms with Crippen molar-refractivity contribution in [2.24, 2.45) is 5.41 Å². The molecule has 0 aliphatic carbocycles. The minimum atomic E-state index is -0.0513. The first-order valence-electron chi connectivity index (χ1n) is 11.6. The van der Waals surface area contributed by atoms with Crippen molar-refractivity contribution in [2.45, 2.75) is 25.4 Å². The molecule has 5 rings (SSSR count). The molecule has 4 atom stereocenters. The van der Waals surface area contributed by atoms with E-state index in [0.717, 1.165) is 13.1 Å². The summed E-state index contributed by atoms with van der Waals surface area (Å²) in [5.41, 5.74) is 3.80. The third-order valence-electron chi connectivity index (χ3n) is 6.70. The Morgan fingerprint density at radius 1 is 0.818 bits per heavy atom. The Kier molecular flexibility index (Phi) is 6.30. The number of nitrogens with zero attached hydrogens (tertiary/aromatic N) is 2. The molecule has 2 aliphatic heterocycles. The van der Waals surface area contributed by atoms with Gasteiger partial charge in [0.1, 0.15) is 6.61 Å². The maximum atomic E-state index is 5.90. The Hall–Kier alpha value is -2.94. The van der Waals surface area contributed by atoms with Crippen molar-refractivity contribution < 1.29 is 4.74 Å². The van der Waals surface area contributed by atoms with Crippen molar-refractivity contribution in [2.75, 3.05) is 26.3 Å². The fraction of sp³-hybridized carbons (Fsp3) is 0.310. The SMILES string of the molecule is C#CCOCC1(C)CN2C(c3ccccc3)NC(c3ccccc3)N(C1)C2c1ccccc1. The summed E-state index contributed by atoms with van der Waals surface area (Å²) < 4.78 is 5.90. The fourth-order valence-corrected chi connectivity index (χ4v) is 5.40. The van der Waals surface area contributed by atoms with Crippen molar-refractivity contribution >= 4 is 0 Å². The topological polar surface area (TPSA) is 27.7 Å². The Morgan fingerprint density at radius 3 is 1.73 bits per heavy atom. The van der Waals surface area contributed by atoms with Crippen LogP contribution in [0, 0.1) is 17.8 Å². The molecule has 0 saturated carbocycles. The number of hydrogen-bond acceptors (Lipinski definition) is 4. The summed E-state index contributed by atoms with van der Waals surface area (Å²) in [5, 5.41) is 3.97. The second-order valence-corrected chi connectivity index (χ2v) is 9.43. The Balaban J connectivity index is 1.61. The highest BCUT2D eigenvalue weighted by molar-refractivity contribution is 5.29. The quantitative estimate of drug-likeness (QED) is 0.436. The lowest BCUT2D eigenvalue weighted by Gasteiger charge is -2.60. The number of rotatable bonds is 6. The smallest absolute Gasteiger partial charge is 0.107 e. The maximum absolute atomic E-state index is 5.90. The standard InChI is InChI=1S/C29H31N3O/c1-3-19-33-22-29(2)20-31-26(23-13-7-4-8-14-23)30-27(24-15-9-5-10-16-24)32(21-29)28(31)25-17-11-6-12-18-25/h1,4-18,26-28,30H,19-22H2,2H3. The van der Waals surface area contributed by atoms with E-state index in [9.17, 15) is 0 Å². The number of benzene rings is 3. The molecule has 33 heavy (non-hydrogen) atoms. The molecule has 2 bridgehead atoms. The fourth-order valence-electron chi connectivity index (χ4n) is 5.40. The molecule has 1 N–H and O–H groups in total. The molecule has 4 nitrogen and oxygen atoms in total. The molecule has 2 fully saturated rings. The van der Waals surface area contributed by atoms with Crippen LogP contribution in [0.1, 0.15) is 42.1 Å². The first-order chi connectivity index (χ1) is 16.2. The number of hydrogen-bond donors (Lipinski definition) is 1. The molecule has 0 amide bonds. The molecule has 4 unspecified atom stereocenters. The van der Waals surface area contributed by atoms with E-state index in [0.29, 0.717) is 13.2 Å². The van der Waals surface area contributed by atoms with Gasteiger partial charge in [-0.05, 0) is 16.7 Å². The third-order valence-corrected chi connectivity index (χ3v) is 6.70. The average Bonchev–Trinajstić information content (AvgIpc) is 2.85. The number of nitrogens with one attached hydrogen (secondary N) is 1. The highest BCUT2D eigenvalue weighted by Crippen LogP contribution is 2.48. The largest absolute Gasteiger partial charge is 0.368 e. The van der Waals surface area contributed by atoms with E-state index >= 15 is 0 Å². The molecular weight excluding hydrogens is 406 g/mol. The lowest BCUT2D eigenvalue weighted by Crippen LogP contribution is -2.66.